The summed E-state index contributed by atoms with van der Waals surface area (Å²) in [5.41, 5.74) is 1.52. The highest BCUT2D eigenvalue weighted by Gasteiger charge is 2.26. The highest BCUT2D eigenvalue weighted by Crippen LogP contribution is 2.40. The summed E-state index contributed by atoms with van der Waals surface area (Å²) in [6.45, 7) is 6.04. The van der Waals surface area contributed by atoms with Crippen LogP contribution in [0.4, 0.5) is 5.82 Å². The van der Waals surface area contributed by atoms with E-state index in [1.807, 2.05) is 35.6 Å². The fourth-order valence-electron chi connectivity index (χ4n) is 4.28. The molecule has 1 N–H and O–H groups in total. The Labute approximate surface area is 173 Å². The third-order valence-electron chi connectivity index (χ3n) is 5.79. The van der Waals surface area contributed by atoms with Crippen LogP contribution >= 0.6 is 22.9 Å². The van der Waals surface area contributed by atoms with E-state index in [0.717, 1.165) is 55.9 Å². The Morgan fingerprint density at radius 2 is 1.93 bits per heavy atom. The lowest BCUT2D eigenvalue weighted by Crippen LogP contribution is -3.15. The van der Waals surface area contributed by atoms with Crippen LogP contribution in [0.2, 0.25) is 5.02 Å². The molecule has 28 heavy (non-hydrogen) atoms. The van der Waals surface area contributed by atoms with Crippen molar-refractivity contribution in [2.45, 2.75) is 19.3 Å². The number of nitrogens with one attached hydrogen (secondary N) is 1. The average molecular weight is 416 g/mol. The lowest BCUT2D eigenvalue weighted by atomic mass is 10.1. The van der Waals surface area contributed by atoms with Crippen LogP contribution < -0.4 is 14.5 Å². The fraction of sp³-hybridized carbons (Fsp3) is 0.429. The minimum atomic E-state index is 0.729. The van der Waals surface area contributed by atoms with Crippen molar-refractivity contribution in [3.63, 3.8) is 0 Å². The van der Waals surface area contributed by atoms with Gasteiger partial charge in [-0.05, 0) is 49.1 Å². The molecule has 0 radical (unpaired) electrons. The number of piperazine rings is 1. The Bertz CT molecular complexity index is 966. The summed E-state index contributed by atoms with van der Waals surface area (Å²) in [4.78, 5) is 16.0. The summed E-state index contributed by atoms with van der Waals surface area (Å²) >= 11 is 7.79. The quantitative estimate of drug-likeness (QED) is 0.695. The summed E-state index contributed by atoms with van der Waals surface area (Å²) in [7, 11) is 0. The first-order valence-corrected chi connectivity index (χ1v) is 11.2. The highest BCUT2D eigenvalue weighted by atomic mass is 35.5. The van der Waals surface area contributed by atoms with E-state index in [-0.39, 0.29) is 0 Å². The number of hydrogen-bond donors (Lipinski definition) is 1. The lowest BCUT2D eigenvalue weighted by molar-refractivity contribution is -0.900. The average Bonchev–Trinajstić information content (AvgIpc) is 3.31. The smallest absolute Gasteiger partial charge is 0.141 e. The van der Waals surface area contributed by atoms with E-state index >= 15 is 0 Å². The molecule has 0 spiro atoms. The van der Waals surface area contributed by atoms with Crippen molar-refractivity contribution in [1.82, 2.24) is 9.97 Å². The molecule has 3 aromatic rings. The molecule has 0 atom stereocenters. The fourth-order valence-corrected chi connectivity index (χ4v) is 5.63. The number of quaternary nitrogens is 1. The van der Waals surface area contributed by atoms with Crippen LogP contribution in [0.5, 0.6) is 5.75 Å². The van der Waals surface area contributed by atoms with Gasteiger partial charge in [-0.1, -0.05) is 11.6 Å². The van der Waals surface area contributed by atoms with Crippen molar-refractivity contribution >= 4 is 39.0 Å². The van der Waals surface area contributed by atoms with Crippen molar-refractivity contribution < 1.29 is 9.64 Å². The summed E-state index contributed by atoms with van der Waals surface area (Å²) in [6, 6.07) is 7.59. The molecular formula is C21H24ClN4OS+. The van der Waals surface area contributed by atoms with Crippen LogP contribution in [0.1, 0.15) is 16.9 Å². The molecule has 2 aromatic heterocycles. The molecule has 0 saturated carbocycles. The van der Waals surface area contributed by atoms with Crippen LogP contribution in [0, 0.1) is 0 Å². The number of rotatable bonds is 5. The molecule has 1 saturated heterocycles. The number of fused-ring (bicyclic) bond motifs is 3. The van der Waals surface area contributed by atoms with Gasteiger partial charge in [0.15, 0.2) is 0 Å². The van der Waals surface area contributed by atoms with Gasteiger partial charge in [-0.3, -0.25) is 0 Å². The molecule has 0 amide bonds. The van der Waals surface area contributed by atoms with Crippen molar-refractivity contribution in [2.75, 3.05) is 44.2 Å². The molecule has 5 nitrogen and oxygen atoms in total. The number of aryl methyl sites for hydroxylation is 2. The molecule has 1 aliphatic carbocycles. The Hall–Kier alpha value is -1.89. The van der Waals surface area contributed by atoms with Gasteiger partial charge in [0.1, 0.15) is 35.9 Å². The zero-order valence-electron chi connectivity index (χ0n) is 15.8. The van der Waals surface area contributed by atoms with Gasteiger partial charge in [0.05, 0.1) is 31.6 Å². The van der Waals surface area contributed by atoms with Gasteiger partial charge in [0.25, 0.3) is 0 Å². The summed E-state index contributed by atoms with van der Waals surface area (Å²) in [5, 5.41) is 2.07. The number of anilines is 1. The predicted octanol–water partition coefficient (Wildman–Crippen LogP) is 2.62. The second kappa shape index (κ2) is 7.85. The molecule has 0 bridgehead atoms. The number of thiophene rings is 1. The molecule has 0 unspecified atom stereocenters. The number of benzene rings is 1. The number of ether oxygens (including phenoxy) is 1. The first-order chi connectivity index (χ1) is 13.8. The van der Waals surface area contributed by atoms with Crippen LogP contribution in [0.15, 0.2) is 30.6 Å². The van der Waals surface area contributed by atoms with Crippen molar-refractivity contribution in [2.24, 2.45) is 0 Å². The van der Waals surface area contributed by atoms with E-state index in [1.165, 1.54) is 39.9 Å². The first kappa shape index (κ1) is 18.2. The van der Waals surface area contributed by atoms with Crippen LogP contribution in [-0.2, 0) is 12.8 Å². The van der Waals surface area contributed by atoms with Crippen LogP contribution in [0.3, 0.4) is 0 Å². The summed E-state index contributed by atoms with van der Waals surface area (Å²) < 4.78 is 5.86. The Kier molecular flexibility index (Phi) is 5.09. The third-order valence-corrected chi connectivity index (χ3v) is 7.24. The monoisotopic (exact) mass is 415 g/mol. The number of halogens is 1. The Morgan fingerprint density at radius 1 is 1.11 bits per heavy atom. The van der Waals surface area contributed by atoms with Gasteiger partial charge in [0.2, 0.25) is 0 Å². The van der Waals surface area contributed by atoms with Gasteiger partial charge in [0, 0.05) is 9.90 Å². The van der Waals surface area contributed by atoms with Gasteiger partial charge in [-0.15, -0.1) is 11.3 Å². The van der Waals surface area contributed by atoms with Crippen LogP contribution in [-0.4, -0.2) is 49.3 Å². The Morgan fingerprint density at radius 3 is 2.75 bits per heavy atom. The van der Waals surface area contributed by atoms with E-state index in [0.29, 0.717) is 0 Å². The van der Waals surface area contributed by atoms with Gasteiger partial charge in [-0.25, -0.2) is 9.97 Å². The van der Waals surface area contributed by atoms with Crippen molar-refractivity contribution in [3.05, 3.63) is 46.1 Å². The maximum absolute atomic E-state index is 5.92. The second-order valence-electron chi connectivity index (χ2n) is 7.52. The number of nitrogens with zero attached hydrogens (tertiary/aromatic N) is 3. The van der Waals surface area contributed by atoms with Gasteiger partial charge < -0.3 is 14.5 Å². The number of hydrogen-bond acceptors (Lipinski definition) is 5. The molecule has 1 aromatic carbocycles. The predicted molar refractivity (Wildman–Crippen MR) is 114 cm³/mol. The SMILES string of the molecule is Clc1ccc(OCC[NH+]2CCN(c3ncnc4sc5c(c34)CCC5)CC2)cc1. The normalized spacial score (nSPS) is 17.2. The zero-order valence-corrected chi connectivity index (χ0v) is 17.4. The van der Waals surface area contributed by atoms with Gasteiger partial charge >= 0.3 is 0 Å². The lowest BCUT2D eigenvalue weighted by Gasteiger charge is -2.33. The summed E-state index contributed by atoms with van der Waals surface area (Å²) in [6.07, 6.45) is 5.41. The van der Waals surface area contributed by atoms with Gasteiger partial charge in [-0.2, -0.15) is 0 Å². The first-order valence-electron chi connectivity index (χ1n) is 10.00. The molecule has 7 heteroatoms. The largest absolute Gasteiger partial charge is 0.488 e. The van der Waals surface area contributed by atoms with Crippen molar-refractivity contribution in [1.29, 1.82) is 0 Å². The molecule has 3 heterocycles. The van der Waals surface area contributed by atoms with E-state index in [4.69, 9.17) is 21.3 Å². The zero-order chi connectivity index (χ0) is 18.9. The van der Waals surface area contributed by atoms with E-state index in [2.05, 4.69) is 9.88 Å². The maximum atomic E-state index is 5.92. The maximum Gasteiger partial charge on any atom is 0.141 e. The summed E-state index contributed by atoms with van der Waals surface area (Å²) in [5.74, 6) is 2.04. The molecule has 1 aliphatic heterocycles. The number of aromatic nitrogens is 2. The topological polar surface area (TPSA) is 42.7 Å². The minimum Gasteiger partial charge on any atom is -0.488 e. The Balaban J connectivity index is 1.20. The second-order valence-corrected chi connectivity index (χ2v) is 9.04. The third kappa shape index (κ3) is 3.56. The molecule has 146 valence electrons. The highest BCUT2D eigenvalue weighted by molar-refractivity contribution is 7.19. The molecular weight excluding hydrogens is 392 g/mol. The van der Waals surface area contributed by atoms with Crippen molar-refractivity contribution in [3.8, 4) is 5.75 Å². The molecule has 1 fully saturated rings. The van der Waals surface area contributed by atoms with E-state index < -0.39 is 0 Å². The van der Waals surface area contributed by atoms with E-state index in [9.17, 15) is 0 Å². The van der Waals surface area contributed by atoms with Crippen LogP contribution in [0.25, 0.3) is 10.2 Å². The van der Waals surface area contributed by atoms with E-state index in [1.54, 1.807) is 11.2 Å². The minimum absolute atomic E-state index is 0.729. The molecule has 5 rings (SSSR count). The molecule has 2 aliphatic rings. The standard InChI is InChI=1S/C21H23ClN4OS/c22-15-4-6-16(7-5-15)27-13-12-25-8-10-26(11-9-25)20-19-17-2-1-3-18(17)28-21(19)24-14-23-20/h4-7,14H,1-3,8-13H2/p+1.